The maximum Gasteiger partial charge on any atom is 0.294 e. The molecule has 0 saturated carbocycles. The first-order valence-corrected chi connectivity index (χ1v) is 11.9. The topological polar surface area (TPSA) is 109 Å². The van der Waals surface area contributed by atoms with E-state index in [1.807, 2.05) is 0 Å². The molecule has 0 heterocycles. The monoisotopic (exact) mass is 406 g/mol. The predicted molar refractivity (Wildman–Crippen MR) is 95.1 cm³/mol. The van der Waals surface area contributed by atoms with Gasteiger partial charge < -0.3 is 0 Å². The van der Waals surface area contributed by atoms with Crippen LogP contribution < -0.4 is 0 Å². The lowest BCUT2D eigenvalue weighted by molar-refractivity contribution is 0.481. The molecule has 0 spiro atoms. The average molecular weight is 407 g/mol. The van der Waals surface area contributed by atoms with E-state index in [0.717, 1.165) is 11.1 Å². The van der Waals surface area contributed by atoms with E-state index in [2.05, 4.69) is 0 Å². The van der Waals surface area contributed by atoms with E-state index in [-0.39, 0.29) is 9.79 Å². The Morgan fingerprint density at radius 1 is 0.625 bits per heavy atom. The van der Waals surface area contributed by atoms with Crippen molar-refractivity contribution in [3.05, 3.63) is 59.7 Å². The summed E-state index contributed by atoms with van der Waals surface area (Å²) in [5.41, 5.74) is 1.84. The van der Waals surface area contributed by atoms with Crippen LogP contribution >= 0.6 is 21.6 Å². The van der Waals surface area contributed by atoms with Crippen molar-refractivity contribution < 1.29 is 25.9 Å². The Hall–Kier alpha value is -1.04. The molecular weight excluding hydrogens is 392 g/mol. The van der Waals surface area contributed by atoms with Gasteiger partial charge in [0.2, 0.25) is 0 Å². The largest absolute Gasteiger partial charge is 0.294 e. The molecule has 0 amide bonds. The van der Waals surface area contributed by atoms with Gasteiger partial charge in [-0.15, -0.1) is 0 Å². The third-order valence-electron chi connectivity index (χ3n) is 2.98. The fourth-order valence-corrected chi connectivity index (χ4v) is 4.83. The number of benzene rings is 2. The van der Waals surface area contributed by atoms with E-state index in [4.69, 9.17) is 9.11 Å². The summed E-state index contributed by atoms with van der Waals surface area (Å²) in [4.78, 5) is -0.273. The highest BCUT2D eigenvalue weighted by Crippen LogP contribution is 2.30. The molecule has 10 heteroatoms. The highest BCUT2D eigenvalue weighted by molar-refractivity contribution is 8.76. The zero-order valence-electron chi connectivity index (χ0n) is 12.2. The molecule has 0 unspecified atom stereocenters. The van der Waals surface area contributed by atoms with Gasteiger partial charge in [0, 0.05) is 11.5 Å². The standard InChI is InChI=1S/C14H14O6S4/c15-23(16,17)13-5-1-11(2-6-13)9-21-22-10-12-3-7-14(8-4-12)24(18,19)20/h1-8H,9-10H2,(H,15,16,17)(H,18,19,20). The molecule has 2 aromatic rings. The van der Waals surface area contributed by atoms with Crippen LogP contribution in [0.25, 0.3) is 0 Å². The quantitative estimate of drug-likeness (QED) is 0.410. The number of rotatable bonds is 7. The summed E-state index contributed by atoms with van der Waals surface area (Å²) < 4.78 is 61.6. The van der Waals surface area contributed by atoms with Crippen molar-refractivity contribution in [2.24, 2.45) is 0 Å². The second-order valence-corrected chi connectivity index (χ2v) is 10.1. The molecule has 24 heavy (non-hydrogen) atoms. The Kier molecular flexibility index (Phi) is 6.34. The molecule has 130 valence electrons. The molecule has 6 nitrogen and oxygen atoms in total. The maximum absolute atomic E-state index is 10.9. The number of hydrogen-bond donors (Lipinski definition) is 2. The van der Waals surface area contributed by atoms with Gasteiger partial charge in [0.15, 0.2) is 0 Å². The highest BCUT2D eigenvalue weighted by Gasteiger charge is 2.09. The summed E-state index contributed by atoms with van der Waals surface area (Å²) in [5, 5.41) is 0. The van der Waals surface area contributed by atoms with Crippen LogP contribution in [0.15, 0.2) is 58.3 Å². The minimum absolute atomic E-state index is 0.136. The Bertz CT molecular complexity index is 810. The summed E-state index contributed by atoms with van der Waals surface area (Å²) in [6.07, 6.45) is 0. The van der Waals surface area contributed by atoms with Gasteiger partial charge >= 0.3 is 0 Å². The molecule has 0 fully saturated rings. The minimum atomic E-state index is -4.17. The summed E-state index contributed by atoms with van der Waals surface area (Å²) in [7, 11) is -5.21. The smallest absolute Gasteiger partial charge is 0.282 e. The van der Waals surface area contributed by atoms with Crippen molar-refractivity contribution in [2.45, 2.75) is 21.3 Å². The lowest BCUT2D eigenvalue weighted by atomic mass is 10.2. The van der Waals surface area contributed by atoms with Crippen molar-refractivity contribution in [3.8, 4) is 0 Å². The summed E-state index contributed by atoms with van der Waals surface area (Å²) in [6, 6.07) is 12.0. The lowest BCUT2D eigenvalue weighted by Gasteiger charge is -2.04. The van der Waals surface area contributed by atoms with Crippen LogP contribution in [0.4, 0.5) is 0 Å². The van der Waals surface area contributed by atoms with Gasteiger partial charge in [0.1, 0.15) is 0 Å². The second kappa shape index (κ2) is 7.89. The van der Waals surface area contributed by atoms with Crippen LogP contribution in [-0.2, 0) is 31.7 Å². The Balaban J connectivity index is 1.83. The van der Waals surface area contributed by atoms with Gasteiger partial charge in [0.05, 0.1) is 9.79 Å². The van der Waals surface area contributed by atoms with Gasteiger partial charge in [0.25, 0.3) is 20.2 Å². The van der Waals surface area contributed by atoms with E-state index < -0.39 is 20.2 Å². The molecule has 0 aliphatic carbocycles. The van der Waals surface area contributed by atoms with Gasteiger partial charge in [-0.05, 0) is 35.4 Å². The zero-order chi connectivity index (χ0) is 17.8. The first-order valence-electron chi connectivity index (χ1n) is 6.53. The maximum atomic E-state index is 10.9. The van der Waals surface area contributed by atoms with Gasteiger partial charge in [-0.1, -0.05) is 45.9 Å². The Labute approximate surface area is 148 Å². The first-order chi connectivity index (χ1) is 11.2. The Morgan fingerprint density at radius 3 is 1.17 bits per heavy atom. The van der Waals surface area contributed by atoms with Gasteiger partial charge in [-0.3, -0.25) is 9.11 Å². The molecule has 0 atom stereocenters. The highest BCUT2D eigenvalue weighted by atomic mass is 33.1. The van der Waals surface area contributed by atoms with Crippen LogP contribution in [0.1, 0.15) is 11.1 Å². The summed E-state index contributed by atoms with van der Waals surface area (Å²) in [5.74, 6) is 1.30. The first kappa shape index (κ1) is 19.3. The van der Waals surface area contributed by atoms with Crippen LogP contribution in [-0.4, -0.2) is 25.9 Å². The molecule has 0 bridgehead atoms. The molecule has 0 aliphatic rings. The van der Waals surface area contributed by atoms with Crippen molar-refractivity contribution in [1.82, 2.24) is 0 Å². The normalized spacial score (nSPS) is 12.2. The molecule has 0 aliphatic heterocycles. The molecule has 2 rings (SSSR count). The SMILES string of the molecule is O=S(=O)(O)c1ccc(CSSCc2ccc(S(=O)(=O)O)cc2)cc1. The van der Waals surface area contributed by atoms with E-state index >= 15 is 0 Å². The number of hydrogen-bond acceptors (Lipinski definition) is 6. The van der Waals surface area contributed by atoms with Crippen molar-refractivity contribution in [3.63, 3.8) is 0 Å². The van der Waals surface area contributed by atoms with Crippen LogP contribution in [0.3, 0.4) is 0 Å². The Morgan fingerprint density at radius 2 is 0.917 bits per heavy atom. The fraction of sp³-hybridized carbons (Fsp3) is 0.143. The van der Waals surface area contributed by atoms with Gasteiger partial charge in [-0.25, -0.2) is 0 Å². The summed E-state index contributed by atoms with van der Waals surface area (Å²) >= 11 is 0. The van der Waals surface area contributed by atoms with Gasteiger partial charge in [-0.2, -0.15) is 16.8 Å². The second-order valence-electron chi connectivity index (χ2n) is 4.76. The molecule has 2 N–H and O–H groups in total. The predicted octanol–water partition coefficient (Wildman–Crippen LogP) is 3.26. The molecule has 0 radical (unpaired) electrons. The summed E-state index contributed by atoms with van der Waals surface area (Å²) in [6.45, 7) is 0. The van der Waals surface area contributed by atoms with Crippen molar-refractivity contribution >= 4 is 41.8 Å². The molecule has 0 aromatic heterocycles. The van der Waals surface area contributed by atoms with Crippen LogP contribution in [0.5, 0.6) is 0 Å². The van der Waals surface area contributed by atoms with E-state index in [0.29, 0.717) is 11.5 Å². The fourth-order valence-electron chi connectivity index (χ4n) is 1.73. The molecular formula is C14H14O6S4. The minimum Gasteiger partial charge on any atom is -0.282 e. The van der Waals surface area contributed by atoms with E-state index in [1.54, 1.807) is 45.9 Å². The average Bonchev–Trinajstić information content (AvgIpc) is 2.51. The third kappa shape index (κ3) is 5.80. The zero-order valence-corrected chi connectivity index (χ0v) is 15.5. The third-order valence-corrected chi connectivity index (χ3v) is 6.99. The van der Waals surface area contributed by atoms with Crippen molar-refractivity contribution in [1.29, 1.82) is 0 Å². The van der Waals surface area contributed by atoms with E-state index in [9.17, 15) is 16.8 Å². The van der Waals surface area contributed by atoms with Crippen molar-refractivity contribution in [2.75, 3.05) is 0 Å². The van der Waals surface area contributed by atoms with E-state index in [1.165, 1.54) is 24.3 Å². The molecule has 0 saturated heterocycles. The lowest BCUT2D eigenvalue weighted by Crippen LogP contribution is -1.97. The van der Waals surface area contributed by atoms with Crippen LogP contribution in [0, 0.1) is 0 Å². The molecule has 2 aromatic carbocycles. The van der Waals surface area contributed by atoms with Crippen LogP contribution in [0.2, 0.25) is 0 Å².